The third-order valence-electron chi connectivity index (χ3n) is 0.125. The minimum absolute atomic E-state index is 0. The second-order valence-electron chi connectivity index (χ2n) is 0.354. The van der Waals surface area contributed by atoms with Crippen LogP contribution in [-0.4, -0.2) is 0 Å². The summed E-state index contributed by atoms with van der Waals surface area (Å²) in [4.78, 5) is 0. The maximum absolute atomic E-state index is 3.18. The van der Waals surface area contributed by atoms with Crippen molar-refractivity contribution in [3.63, 3.8) is 0 Å². The van der Waals surface area contributed by atoms with Crippen LogP contribution >= 0.6 is 0 Å². The molecule has 4 heteroatoms. The zero-order chi connectivity index (χ0) is 3.41. The van der Waals surface area contributed by atoms with Crippen LogP contribution in [0.4, 0.5) is 18.8 Å². The van der Waals surface area contributed by atoms with Crippen molar-refractivity contribution in [2.24, 2.45) is 0 Å². The highest BCUT2D eigenvalue weighted by atomic mass is 19.0. The van der Waals surface area contributed by atoms with E-state index in [-0.39, 0.29) is 18.8 Å². The maximum atomic E-state index is 3.18. The van der Waals surface area contributed by atoms with Gasteiger partial charge in [-0.2, -0.15) is 0 Å². The standard InChI is InChI=1S/C4H4.4FH/c1-3-4-2;;;;/h1-2H2;4*1H. The third kappa shape index (κ3) is 203000. The van der Waals surface area contributed by atoms with Gasteiger partial charge in [-0.05, 0) is 13.2 Å². The lowest BCUT2D eigenvalue weighted by molar-refractivity contribution is 1.11. The number of hydrogen-bond acceptors (Lipinski definition) is 0. The van der Waals surface area contributed by atoms with E-state index in [0.29, 0.717) is 0 Å². The molecule has 0 aromatic carbocycles. The van der Waals surface area contributed by atoms with Crippen molar-refractivity contribution in [2.45, 2.75) is 0 Å². The van der Waals surface area contributed by atoms with E-state index in [9.17, 15) is 0 Å². The van der Waals surface area contributed by atoms with Crippen LogP contribution < -0.4 is 0 Å². The van der Waals surface area contributed by atoms with Crippen LogP contribution in [0.15, 0.2) is 24.6 Å². The summed E-state index contributed by atoms with van der Waals surface area (Å²) in [6.07, 6.45) is 0. The molecule has 0 radical (unpaired) electrons. The highest BCUT2D eigenvalue weighted by molar-refractivity contribution is 4.66. The van der Waals surface area contributed by atoms with Gasteiger partial charge in [0, 0.05) is 0 Å². The predicted octanol–water partition coefficient (Wildman–Crippen LogP) is 1.72. The topological polar surface area (TPSA) is 0 Å². The first-order valence-corrected chi connectivity index (χ1v) is 0.957. The lowest BCUT2D eigenvalue weighted by Gasteiger charge is -1.21. The van der Waals surface area contributed by atoms with Crippen molar-refractivity contribution in [2.75, 3.05) is 0 Å². The summed E-state index contributed by atoms with van der Waals surface area (Å²) in [6.45, 7) is 6.36. The lowest BCUT2D eigenvalue weighted by Crippen LogP contribution is -0.988. The molecule has 0 N–H and O–H groups in total. The van der Waals surface area contributed by atoms with Crippen LogP contribution in [0, 0.1) is 0 Å². The third-order valence-corrected chi connectivity index (χ3v) is 0.125. The molecule has 8 heavy (non-hydrogen) atoms. The Morgan fingerprint density at radius 1 is 0.625 bits per heavy atom. The van der Waals surface area contributed by atoms with Gasteiger partial charge in [0.1, 0.15) is 0 Å². The molecule has 0 saturated carbocycles. The average molecular weight is 132 g/mol. The molecule has 0 aliphatic heterocycles. The van der Waals surface area contributed by atoms with Gasteiger partial charge in [-0.25, -0.2) is 0 Å². The Bertz CT molecular complexity index is 58.1. The number of halogens is 4. The lowest BCUT2D eigenvalue weighted by atomic mass is 10.9. The molecule has 0 rings (SSSR count). The van der Waals surface area contributed by atoms with Gasteiger partial charge < -0.3 is 0 Å². The fourth-order valence-electron chi connectivity index (χ4n) is 0. The Balaban J connectivity index is -0.00000000750. The minimum Gasteiger partial charge on any atom is -0.269 e. The minimum atomic E-state index is 0. The van der Waals surface area contributed by atoms with Gasteiger partial charge in [-0.1, -0.05) is 11.5 Å². The average Bonchev–Trinajstić information content (AvgIpc) is 1.37. The monoisotopic (exact) mass is 132 g/mol. The Kier molecular flexibility index (Phi) is 1140. The van der Waals surface area contributed by atoms with Gasteiger partial charge in [-0.15, -0.1) is 0 Å². The molecule has 0 unspecified atom stereocenters. The summed E-state index contributed by atoms with van der Waals surface area (Å²) in [5, 5.41) is 0. The van der Waals surface area contributed by atoms with Crippen LogP contribution in [0.2, 0.25) is 0 Å². The summed E-state index contributed by atoms with van der Waals surface area (Å²) in [7, 11) is 0. The number of hydrogen-bond donors (Lipinski definition) is 0. The van der Waals surface area contributed by atoms with E-state index < -0.39 is 0 Å². The molecule has 0 nitrogen and oxygen atoms in total. The van der Waals surface area contributed by atoms with E-state index in [4.69, 9.17) is 0 Å². The van der Waals surface area contributed by atoms with Crippen LogP contribution in [0.25, 0.3) is 0 Å². The summed E-state index contributed by atoms with van der Waals surface area (Å²) in [5.74, 6) is 0. The molecule has 0 heterocycles. The molecule has 0 aliphatic rings. The number of rotatable bonds is 0. The quantitative estimate of drug-likeness (QED) is 0.347. The second-order valence-corrected chi connectivity index (χ2v) is 0.354. The van der Waals surface area contributed by atoms with Gasteiger partial charge in [-0.3, -0.25) is 18.8 Å². The van der Waals surface area contributed by atoms with Gasteiger partial charge in [0.25, 0.3) is 0 Å². The summed E-state index contributed by atoms with van der Waals surface area (Å²) in [5.41, 5.74) is 4.64. The van der Waals surface area contributed by atoms with E-state index in [1.165, 1.54) is 0 Å². The fraction of sp³-hybridized carbons (Fsp3) is 0. The van der Waals surface area contributed by atoms with Gasteiger partial charge in [0.05, 0.1) is 0 Å². The fourth-order valence-corrected chi connectivity index (χ4v) is 0. The molecule has 52 valence electrons. The van der Waals surface area contributed by atoms with Crippen molar-refractivity contribution in [3.8, 4) is 0 Å². The van der Waals surface area contributed by atoms with Crippen molar-refractivity contribution >= 4 is 0 Å². The smallest absolute Gasteiger partial charge is 0.0481 e. The first kappa shape index (κ1) is 62.3. The normalized spacial score (nSPS) is 1.50. The molecular weight excluding hydrogens is 124 g/mol. The zero-order valence-electron chi connectivity index (χ0n) is 4.05. The van der Waals surface area contributed by atoms with Crippen LogP contribution in [0.5, 0.6) is 0 Å². The van der Waals surface area contributed by atoms with Crippen LogP contribution in [-0.2, 0) is 0 Å². The van der Waals surface area contributed by atoms with Crippen molar-refractivity contribution in [3.05, 3.63) is 24.6 Å². The Morgan fingerprint density at radius 3 is 0.750 bits per heavy atom. The Morgan fingerprint density at radius 2 is 0.750 bits per heavy atom. The molecule has 0 atom stereocenters. The zero-order valence-corrected chi connectivity index (χ0v) is 4.05. The highest BCUT2D eigenvalue weighted by Gasteiger charge is 1.08. The van der Waals surface area contributed by atoms with Crippen molar-refractivity contribution < 1.29 is 18.8 Å². The molecule has 0 aromatic rings. The molecule has 0 aliphatic carbocycles. The van der Waals surface area contributed by atoms with Crippen LogP contribution in [0.3, 0.4) is 0 Å². The molecule has 0 bridgehead atoms. The molecule has 0 aromatic heterocycles. The van der Waals surface area contributed by atoms with Gasteiger partial charge in [0.15, 0.2) is 0 Å². The van der Waals surface area contributed by atoms with Crippen molar-refractivity contribution in [1.29, 1.82) is 0 Å². The Labute approximate surface area is 44.7 Å². The van der Waals surface area contributed by atoms with Crippen LogP contribution in [0.1, 0.15) is 0 Å². The van der Waals surface area contributed by atoms with Crippen molar-refractivity contribution in [1.82, 2.24) is 0 Å². The first-order valence-electron chi connectivity index (χ1n) is 0.957. The summed E-state index contributed by atoms with van der Waals surface area (Å²) >= 11 is 0. The largest absolute Gasteiger partial charge is 0.269 e. The van der Waals surface area contributed by atoms with Gasteiger partial charge >= 0.3 is 0 Å². The predicted molar refractivity (Wildman–Crippen MR) is 28.3 cm³/mol. The molecule has 0 spiro atoms. The van der Waals surface area contributed by atoms with E-state index in [1.807, 2.05) is 0 Å². The van der Waals surface area contributed by atoms with E-state index >= 15 is 0 Å². The van der Waals surface area contributed by atoms with Gasteiger partial charge in [0.2, 0.25) is 0 Å². The SMILES string of the molecule is C=C=C=C.F.F.F.F. The summed E-state index contributed by atoms with van der Waals surface area (Å²) in [6, 6.07) is 0. The summed E-state index contributed by atoms with van der Waals surface area (Å²) < 4.78 is 0. The van der Waals surface area contributed by atoms with E-state index in [2.05, 4.69) is 24.6 Å². The molecular formula is C4H8F4. The van der Waals surface area contributed by atoms with E-state index in [1.54, 1.807) is 0 Å². The first-order chi connectivity index (χ1) is 1.91. The molecule has 0 fully saturated rings. The Hall–Kier alpha value is -0.980. The highest BCUT2D eigenvalue weighted by Crippen LogP contribution is 1.30. The second kappa shape index (κ2) is 146. The maximum Gasteiger partial charge on any atom is -0.0481 e. The molecule has 0 amide bonds. The molecule has 0 saturated heterocycles. The van der Waals surface area contributed by atoms with E-state index in [0.717, 1.165) is 0 Å².